The van der Waals surface area contributed by atoms with Crippen LogP contribution in [0.2, 0.25) is 5.02 Å². The Morgan fingerprint density at radius 2 is 2.06 bits per heavy atom. The summed E-state index contributed by atoms with van der Waals surface area (Å²) in [5.74, 6) is -0.348. The van der Waals surface area contributed by atoms with Crippen LogP contribution in [0.1, 0.15) is 11.1 Å². The summed E-state index contributed by atoms with van der Waals surface area (Å²) in [6.45, 7) is 0. The highest BCUT2D eigenvalue weighted by molar-refractivity contribution is 6.31. The molecule has 0 fully saturated rings. The van der Waals surface area contributed by atoms with Crippen LogP contribution in [0.5, 0.6) is 5.75 Å². The van der Waals surface area contributed by atoms with E-state index in [0.29, 0.717) is 0 Å². The zero-order valence-electron chi connectivity index (χ0n) is 8.23. The van der Waals surface area contributed by atoms with E-state index in [1.807, 2.05) is 0 Å². The number of ether oxygens (including phenoxy) is 1. The number of nitriles is 1. The number of halogens is 4. The van der Waals surface area contributed by atoms with Gasteiger partial charge in [0.25, 0.3) is 0 Å². The molecule has 0 aromatic heterocycles. The maximum atomic E-state index is 12.6. The molecule has 2 nitrogen and oxygen atoms in total. The van der Waals surface area contributed by atoms with Crippen molar-refractivity contribution in [3.05, 3.63) is 28.3 Å². The van der Waals surface area contributed by atoms with Gasteiger partial charge in [0, 0.05) is 5.02 Å². The molecular weight excluding hydrogens is 243 g/mol. The summed E-state index contributed by atoms with van der Waals surface area (Å²) in [7, 11) is 1.13. The van der Waals surface area contributed by atoms with Crippen molar-refractivity contribution < 1.29 is 17.9 Å². The Kier molecular flexibility index (Phi) is 3.66. The fraction of sp³-hybridized carbons (Fsp3) is 0.300. The van der Waals surface area contributed by atoms with Crippen LogP contribution in [0.4, 0.5) is 13.2 Å². The minimum absolute atomic E-state index is 0.0893. The molecule has 86 valence electrons. The van der Waals surface area contributed by atoms with Crippen LogP contribution in [-0.4, -0.2) is 7.11 Å². The van der Waals surface area contributed by atoms with Gasteiger partial charge in [-0.1, -0.05) is 11.6 Å². The van der Waals surface area contributed by atoms with Gasteiger partial charge in [0.2, 0.25) is 0 Å². The normalized spacial score (nSPS) is 11.0. The number of rotatable bonds is 2. The maximum Gasteiger partial charge on any atom is 0.419 e. The molecule has 0 aliphatic rings. The summed E-state index contributed by atoms with van der Waals surface area (Å²) in [4.78, 5) is 0. The molecule has 0 heterocycles. The smallest absolute Gasteiger partial charge is 0.419 e. The molecule has 0 bridgehead atoms. The lowest BCUT2D eigenvalue weighted by atomic mass is 10.1. The SMILES string of the molecule is COc1cc(Cl)c(CC#N)cc1C(F)(F)F. The first-order valence-electron chi connectivity index (χ1n) is 4.20. The Morgan fingerprint density at radius 3 is 2.50 bits per heavy atom. The fourth-order valence-corrected chi connectivity index (χ4v) is 1.43. The third kappa shape index (κ3) is 2.58. The van der Waals surface area contributed by atoms with Crippen LogP contribution in [0.15, 0.2) is 12.1 Å². The molecule has 1 aromatic carbocycles. The number of alkyl halides is 3. The van der Waals surface area contributed by atoms with E-state index in [0.717, 1.165) is 19.2 Å². The molecule has 0 saturated heterocycles. The summed E-state index contributed by atoms with van der Waals surface area (Å²) >= 11 is 5.71. The van der Waals surface area contributed by atoms with Crippen LogP contribution in [0, 0.1) is 11.3 Å². The number of nitrogens with zero attached hydrogens (tertiary/aromatic N) is 1. The predicted octanol–water partition coefficient (Wildman–Crippen LogP) is 3.43. The van der Waals surface area contributed by atoms with Crippen LogP contribution in [-0.2, 0) is 12.6 Å². The highest BCUT2D eigenvalue weighted by atomic mass is 35.5. The van der Waals surface area contributed by atoms with E-state index < -0.39 is 11.7 Å². The molecule has 0 aliphatic carbocycles. The van der Waals surface area contributed by atoms with Crippen LogP contribution in [0.25, 0.3) is 0 Å². The van der Waals surface area contributed by atoms with Crippen LogP contribution < -0.4 is 4.74 Å². The highest BCUT2D eigenvalue weighted by Gasteiger charge is 2.35. The largest absolute Gasteiger partial charge is 0.496 e. The number of methoxy groups -OCH3 is 1. The molecule has 0 spiro atoms. The summed E-state index contributed by atoms with van der Waals surface area (Å²) < 4.78 is 42.3. The number of hydrogen-bond acceptors (Lipinski definition) is 2. The summed E-state index contributed by atoms with van der Waals surface area (Å²) in [6.07, 6.45) is -4.70. The lowest BCUT2D eigenvalue weighted by molar-refractivity contribution is -0.138. The summed E-state index contributed by atoms with van der Waals surface area (Å²) in [5, 5.41) is 8.53. The third-order valence-corrected chi connectivity index (χ3v) is 2.30. The van der Waals surface area contributed by atoms with E-state index in [1.165, 1.54) is 0 Å². The Hall–Kier alpha value is -1.41. The lowest BCUT2D eigenvalue weighted by Gasteiger charge is -2.13. The first-order valence-corrected chi connectivity index (χ1v) is 4.58. The van der Waals surface area contributed by atoms with Gasteiger partial charge in [-0.05, 0) is 17.7 Å². The Morgan fingerprint density at radius 1 is 1.44 bits per heavy atom. The van der Waals surface area contributed by atoms with Crippen molar-refractivity contribution in [3.8, 4) is 11.8 Å². The average molecular weight is 250 g/mol. The summed E-state index contributed by atoms with van der Waals surface area (Å²) in [5.41, 5.74) is -0.790. The molecule has 0 radical (unpaired) electrons. The van der Waals surface area contributed by atoms with Crippen molar-refractivity contribution in [1.29, 1.82) is 5.26 Å². The Labute approximate surface area is 95.2 Å². The van der Waals surface area contributed by atoms with Gasteiger partial charge in [-0.2, -0.15) is 18.4 Å². The standard InChI is InChI=1S/C10H7ClF3NO/c1-16-9-5-8(11)6(2-3-15)4-7(9)10(12,13)14/h4-5H,2H2,1H3. The molecule has 6 heteroatoms. The molecule has 16 heavy (non-hydrogen) atoms. The van der Waals surface area contributed by atoms with E-state index in [-0.39, 0.29) is 22.8 Å². The fourth-order valence-electron chi connectivity index (χ4n) is 1.21. The minimum atomic E-state index is -4.53. The van der Waals surface area contributed by atoms with Crippen LogP contribution >= 0.6 is 11.6 Å². The van der Waals surface area contributed by atoms with Crippen molar-refractivity contribution in [1.82, 2.24) is 0 Å². The first kappa shape index (κ1) is 12.7. The van der Waals surface area contributed by atoms with Gasteiger partial charge in [-0.25, -0.2) is 0 Å². The van der Waals surface area contributed by atoms with Crippen molar-refractivity contribution >= 4 is 11.6 Å². The van der Waals surface area contributed by atoms with Gasteiger partial charge in [0.1, 0.15) is 5.75 Å². The van der Waals surface area contributed by atoms with Gasteiger partial charge in [0.05, 0.1) is 25.2 Å². The molecule has 0 N–H and O–H groups in total. The van der Waals surface area contributed by atoms with E-state index in [4.69, 9.17) is 16.9 Å². The second-order valence-corrected chi connectivity index (χ2v) is 3.38. The zero-order valence-corrected chi connectivity index (χ0v) is 8.99. The molecule has 0 unspecified atom stereocenters. The quantitative estimate of drug-likeness (QED) is 0.804. The minimum Gasteiger partial charge on any atom is -0.496 e. The second kappa shape index (κ2) is 4.62. The van der Waals surface area contributed by atoms with Gasteiger partial charge in [-0.3, -0.25) is 0 Å². The lowest BCUT2D eigenvalue weighted by Crippen LogP contribution is -2.08. The van der Waals surface area contributed by atoms with Gasteiger partial charge in [-0.15, -0.1) is 0 Å². The number of hydrogen-bond donors (Lipinski definition) is 0. The average Bonchev–Trinajstić information content (AvgIpc) is 2.19. The van der Waals surface area contributed by atoms with E-state index in [2.05, 4.69) is 4.74 Å². The molecule has 0 amide bonds. The predicted molar refractivity (Wildman–Crippen MR) is 52.3 cm³/mol. The first-order chi connectivity index (χ1) is 7.40. The van der Waals surface area contributed by atoms with Gasteiger partial charge >= 0.3 is 6.18 Å². The molecule has 0 saturated carbocycles. The topological polar surface area (TPSA) is 33.0 Å². The van der Waals surface area contributed by atoms with Crippen molar-refractivity contribution in [2.45, 2.75) is 12.6 Å². The van der Waals surface area contributed by atoms with E-state index in [9.17, 15) is 13.2 Å². The molecular formula is C10H7ClF3NO. The maximum absolute atomic E-state index is 12.6. The van der Waals surface area contributed by atoms with E-state index in [1.54, 1.807) is 6.07 Å². The van der Waals surface area contributed by atoms with Crippen LogP contribution in [0.3, 0.4) is 0 Å². The van der Waals surface area contributed by atoms with Gasteiger partial charge in [0.15, 0.2) is 0 Å². The molecule has 1 rings (SSSR count). The zero-order chi connectivity index (χ0) is 12.3. The summed E-state index contributed by atoms with van der Waals surface area (Å²) in [6, 6.07) is 3.65. The third-order valence-electron chi connectivity index (χ3n) is 1.94. The Bertz CT molecular complexity index is 437. The van der Waals surface area contributed by atoms with Crippen molar-refractivity contribution in [2.75, 3.05) is 7.11 Å². The highest BCUT2D eigenvalue weighted by Crippen LogP contribution is 2.39. The van der Waals surface area contributed by atoms with Gasteiger partial charge < -0.3 is 4.74 Å². The van der Waals surface area contributed by atoms with Crippen molar-refractivity contribution in [3.63, 3.8) is 0 Å². The second-order valence-electron chi connectivity index (χ2n) is 2.98. The molecule has 0 atom stereocenters. The monoisotopic (exact) mass is 249 g/mol. The Balaban J connectivity index is 3.36. The number of benzene rings is 1. The van der Waals surface area contributed by atoms with Crippen molar-refractivity contribution in [2.24, 2.45) is 0 Å². The molecule has 0 aliphatic heterocycles. The van der Waals surface area contributed by atoms with E-state index >= 15 is 0 Å². The molecule has 1 aromatic rings.